The molecule has 60 valence electrons. The molecule has 0 saturated heterocycles. The van der Waals surface area contributed by atoms with Gasteiger partial charge in [-0.3, -0.25) is 4.79 Å². The van der Waals surface area contributed by atoms with Crippen LogP contribution in [0.1, 0.15) is 25.1 Å². The lowest BCUT2D eigenvalue weighted by Crippen LogP contribution is -2.12. The number of rotatable bonds is 3. The lowest BCUT2D eigenvalue weighted by Gasteiger charge is -2.04. The van der Waals surface area contributed by atoms with Crippen LogP contribution < -0.4 is 5.73 Å². The number of carbonyl (C=O) groups is 1. The fraction of sp³-hybridized carbons (Fsp3) is 0.375. The highest BCUT2D eigenvalue weighted by molar-refractivity contribution is 5.76. The molecule has 0 aliphatic carbocycles. The molecule has 0 amide bonds. The molecule has 0 spiro atoms. The third-order valence-electron chi connectivity index (χ3n) is 1.42. The van der Waals surface area contributed by atoms with Gasteiger partial charge in [0, 0.05) is 6.42 Å². The molecule has 0 aliphatic rings. The van der Waals surface area contributed by atoms with E-state index in [9.17, 15) is 4.79 Å². The molecule has 3 nitrogen and oxygen atoms in total. The van der Waals surface area contributed by atoms with Crippen LogP contribution in [0.25, 0.3) is 0 Å². The average Bonchev–Trinajstić information content (AvgIpc) is 2.35. The maximum atomic E-state index is 10.6. The quantitative estimate of drug-likeness (QED) is 0.711. The van der Waals surface area contributed by atoms with Crippen molar-refractivity contribution >= 4 is 5.78 Å². The van der Waals surface area contributed by atoms with Crippen LogP contribution in [0, 0.1) is 0 Å². The molecule has 3 heteroatoms. The molecule has 0 saturated carbocycles. The molecule has 0 fully saturated rings. The van der Waals surface area contributed by atoms with Crippen molar-refractivity contribution in [2.24, 2.45) is 5.73 Å². The Kier molecular flexibility index (Phi) is 2.44. The van der Waals surface area contributed by atoms with Crippen molar-refractivity contribution in [1.29, 1.82) is 0 Å². The maximum Gasteiger partial charge on any atom is 0.131 e. The average molecular weight is 153 g/mol. The molecule has 1 aromatic rings. The Bertz CT molecular complexity index is 228. The SMILES string of the molecule is CC(=O)CC(N)c1ccco1. The van der Waals surface area contributed by atoms with E-state index in [0.717, 1.165) is 0 Å². The van der Waals surface area contributed by atoms with Crippen LogP contribution >= 0.6 is 0 Å². The van der Waals surface area contributed by atoms with Gasteiger partial charge in [0.15, 0.2) is 0 Å². The van der Waals surface area contributed by atoms with Crippen LogP contribution in [0.15, 0.2) is 22.8 Å². The highest BCUT2D eigenvalue weighted by atomic mass is 16.3. The van der Waals surface area contributed by atoms with Crippen molar-refractivity contribution in [2.45, 2.75) is 19.4 Å². The van der Waals surface area contributed by atoms with E-state index in [1.807, 2.05) is 0 Å². The third-order valence-corrected chi connectivity index (χ3v) is 1.42. The lowest BCUT2D eigenvalue weighted by molar-refractivity contribution is -0.117. The van der Waals surface area contributed by atoms with Gasteiger partial charge in [-0.2, -0.15) is 0 Å². The highest BCUT2D eigenvalue weighted by Gasteiger charge is 2.10. The summed E-state index contributed by atoms with van der Waals surface area (Å²) >= 11 is 0. The molecule has 0 aliphatic heterocycles. The van der Waals surface area contributed by atoms with E-state index < -0.39 is 0 Å². The summed E-state index contributed by atoms with van der Waals surface area (Å²) in [5.41, 5.74) is 5.63. The van der Waals surface area contributed by atoms with Crippen molar-refractivity contribution in [3.63, 3.8) is 0 Å². The fourth-order valence-electron chi connectivity index (χ4n) is 0.913. The molecule has 1 atom stereocenters. The van der Waals surface area contributed by atoms with Gasteiger partial charge in [-0.15, -0.1) is 0 Å². The van der Waals surface area contributed by atoms with Gasteiger partial charge in [-0.25, -0.2) is 0 Å². The van der Waals surface area contributed by atoms with Gasteiger partial charge in [0.2, 0.25) is 0 Å². The predicted molar refractivity (Wildman–Crippen MR) is 40.9 cm³/mol. The number of hydrogen-bond acceptors (Lipinski definition) is 3. The number of nitrogens with two attached hydrogens (primary N) is 1. The van der Waals surface area contributed by atoms with Gasteiger partial charge < -0.3 is 10.2 Å². The van der Waals surface area contributed by atoms with Crippen molar-refractivity contribution in [2.75, 3.05) is 0 Å². The first-order valence-electron chi connectivity index (χ1n) is 3.48. The molecule has 0 aromatic carbocycles. The van der Waals surface area contributed by atoms with E-state index in [0.29, 0.717) is 12.2 Å². The maximum absolute atomic E-state index is 10.6. The van der Waals surface area contributed by atoms with Crippen LogP contribution in [-0.2, 0) is 4.79 Å². The second-order valence-corrected chi connectivity index (χ2v) is 2.53. The van der Waals surface area contributed by atoms with E-state index >= 15 is 0 Å². The molecule has 1 rings (SSSR count). The number of carbonyl (C=O) groups excluding carboxylic acids is 1. The molecule has 1 aromatic heterocycles. The minimum absolute atomic E-state index is 0.0777. The Morgan fingerprint density at radius 1 is 1.82 bits per heavy atom. The Labute approximate surface area is 65.2 Å². The van der Waals surface area contributed by atoms with Crippen LogP contribution in [0.2, 0.25) is 0 Å². The normalized spacial score (nSPS) is 12.9. The molecular formula is C8H11NO2. The van der Waals surface area contributed by atoms with Crippen molar-refractivity contribution in [3.05, 3.63) is 24.2 Å². The van der Waals surface area contributed by atoms with Gasteiger partial charge in [-0.05, 0) is 19.1 Å². The lowest BCUT2D eigenvalue weighted by atomic mass is 10.1. The monoisotopic (exact) mass is 153 g/mol. The first-order valence-corrected chi connectivity index (χ1v) is 3.48. The van der Waals surface area contributed by atoms with Gasteiger partial charge in [-0.1, -0.05) is 0 Å². The number of furan rings is 1. The number of Topliss-reactive ketones (excluding diaryl/α,β-unsaturated/α-hetero) is 1. The summed E-state index contributed by atoms with van der Waals surface area (Å²) in [5, 5.41) is 0. The van der Waals surface area contributed by atoms with E-state index in [-0.39, 0.29) is 11.8 Å². The van der Waals surface area contributed by atoms with Gasteiger partial charge >= 0.3 is 0 Å². The summed E-state index contributed by atoms with van der Waals surface area (Å²) in [6, 6.07) is 3.24. The van der Waals surface area contributed by atoms with E-state index in [1.165, 1.54) is 6.92 Å². The summed E-state index contributed by atoms with van der Waals surface area (Å²) < 4.78 is 5.02. The summed E-state index contributed by atoms with van der Waals surface area (Å²) in [6.07, 6.45) is 1.89. The molecule has 0 radical (unpaired) electrons. The largest absolute Gasteiger partial charge is 0.468 e. The van der Waals surface area contributed by atoms with Crippen LogP contribution in [0.4, 0.5) is 0 Å². The molecule has 11 heavy (non-hydrogen) atoms. The van der Waals surface area contributed by atoms with Crippen LogP contribution in [0.5, 0.6) is 0 Å². The van der Waals surface area contributed by atoms with E-state index in [4.69, 9.17) is 10.2 Å². The Morgan fingerprint density at radius 2 is 2.55 bits per heavy atom. The highest BCUT2D eigenvalue weighted by Crippen LogP contribution is 2.13. The Morgan fingerprint density at radius 3 is 3.00 bits per heavy atom. The zero-order chi connectivity index (χ0) is 8.27. The molecule has 1 heterocycles. The first kappa shape index (κ1) is 8.01. The fourth-order valence-corrected chi connectivity index (χ4v) is 0.913. The second-order valence-electron chi connectivity index (χ2n) is 2.53. The zero-order valence-electron chi connectivity index (χ0n) is 6.41. The van der Waals surface area contributed by atoms with Crippen molar-refractivity contribution < 1.29 is 9.21 Å². The molecule has 2 N–H and O–H groups in total. The van der Waals surface area contributed by atoms with Gasteiger partial charge in [0.05, 0.1) is 12.3 Å². The summed E-state index contributed by atoms with van der Waals surface area (Å²) in [7, 11) is 0. The predicted octanol–water partition coefficient (Wildman–Crippen LogP) is 1.26. The summed E-state index contributed by atoms with van der Waals surface area (Å²) in [5.74, 6) is 0.745. The number of ketones is 1. The first-order chi connectivity index (χ1) is 5.20. The summed E-state index contributed by atoms with van der Waals surface area (Å²) in [4.78, 5) is 10.6. The smallest absolute Gasteiger partial charge is 0.131 e. The van der Waals surface area contributed by atoms with Crippen molar-refractivity contribution in [1.82, 2.24) is 0 Å². The zero-order valence-corrected chi connectivity index (χ0v) is 6.41. The Hall–Kier alpha value is -1.09. The number of hydrogen-bond donors (Lipinski definition) is 1. The van der Waals surface area contributed by atoms with Crippen LogP contribution in [-0.4, -0.2) is 5.78 Å². The van der Waals surface area contributed by atoms with E-state index in [2.05, 4.69) is 0 Å². The summed E-state index contributed by atoms with van der Waals surface area (Å²) in [6.45, 7) is 1.52. The van der Waals surface area contributed by atoms with E-state index in [1.54, 1.807) is 18.4 Å². The Balaban J connectivity index is 2.56. The molecule has 0 bridgehead atoms. The third kappa shape index (κ3) is 2.20. The topological polar surface area (TPSA) is 56.2 Å². The van der Waals surface area contributed by atoms with Gasteiger partial charge in [0.25, 0.3) is 0 Å². The van der Waals surface area contributed by atoms with Gasteiger partial charge in [0.1, 0.15) is 11.5 Å². The second kappa shape index (κ2) is 3.34. The molecule has 1 unspecified atom stereocenters. The van der Waals surface area contributed by atoms with Crippen molar-refractivity contribution in [3.8, 4) is 0 Å². The standard InChI is InChI=1S/C8H11NO2/c1-6(10)5-7(9)8-3-2-4-11-8/h2-4,7H,5,9H2,1H3. The van der Waals surface area contributed by atoms with Crippen LogP contribution in [0.3, 0.4) is 0 Å². The minimum Gasteiger partial charge on any atom is -0.468 e. The minimum atomic E-state index is -0.289. The molecular weight excluding hydrogens is 142 g/mol.